The van der Waals surface area contributed by atoms with Crippen molar-refractivity contribution in [1.82, 2.24) is 19.6 Å². The summed E-state index contributed by atoms with van der Waals surface area (Å²) in [5, 5.41) is 4.56. The van der Waals surface area contributed by atoms with Crippen LogP contribution in [0.2, 0.25) is 0 Å². The predicted molar refractivity (Wildman–Crippen MR) is 117 cm³/mol. The van der Waals surface area contributed by atoms with Crippen LogP contribution in [-0.4, -0.2) is 58.3 Å². The van der Waals surface area contributed by atoms with Gasteiger partial charge in [0.2, 0.25) is 0 Å². The van der Waals surface area contributed by atoms with Crippen LogP contribution >= 0.6 is 0 Å². The first-order valence-electron chi connectivity index (χ1n) is 10.3. The van der Waals surface area contributed by atoms with Gasteiger partial charge in [-0.1, -0.05) is 36.4 Å². The van der Waals surface area contributed by atoms with Gasteiger partial charge in [0.15, 0.2) is 5.69 Å². The maximum Gasteiger partial charge on any atom is 0.274 e. The summed E-state index contributed by atoms with van der Waals surface area (Å²) in [7, 11) is 1.64. The van der Waals surface area contributed by atoms with Crippen molar-refractivity contribution in [3.63, 3.8) is 0 Å². The summed E-state index contributed by atoms with van der Waals surface area (Å²) in [6.07, 6.45) is 1.82. The van der Waals surface area contributed by atoms with E-state index in [0.717, 1.165) is 36.6 Å². The van der Waals surface area contributed by atoms with E-state index in [0.29, 0.717) is 12.2 Å². The lowest BCUT2D eigenvalue weighted by molar-refractivity contribution is 0.0469. The highest BCUT2D eigenvalue weighted by Crippen LogP contribution is 2.24. The molecule has 1 saturated heterocycles. The molecule has 0 N–H and O–H groups in total. The second kappa shape index (κ2) is 8.71. The van der Waals surface area contributed by atoms with Crippen LogP contribution in [0.25, 0.3) is 5.69 Å². The average molecular weight is 405 g/mol. The second-order valence-corrected chi connectivity index (χ2v) is 7.89. The molecule has 0 radical (unpaired) electrons. The molecule has 1 aliphatic rings. The highest BCUT2D eigenvalue weighted by Gasteiger charge is 2.29. The van der Waals surface area contributed by atoms with Crippen molar-refractivity contribution in [2.45, 2.75) is 26.4 Å². The third kappa shape index (κ3) is 4.24. The minimum Gasteiger partial charge on any atom is -0.494 e. The monoisotopic (exact) mass is 404 g/mol. The van der Waals surface area contributed by atoms with Gasteiger partial charge in [-0.25, -0.2) is 4.68 Å². The van der Waals surface area contributed by atoms with Crippen LogP contribution in [0, 0.1) is 6.92 Å². The lowest BCUT2D eigenvalue weighted by Crippen LogP contribution is -2.53. The summed E-state index contributed by atoms with van der Waals surface area (Å²) in [6.45, 7) is 7.46. The number of aryl methyl sites for hydroxylation is 1. The van der Waals surface area contributed by atoms with Gasteiger partial charge in [0.25, 0.3) is 5.91 Å². The number of benzene rings is 2. The lowest BCUT2D eigenvalue weighted by atomic mass is 10.1. The number of nitrogens with zero attached hydrogens (tertiary/aromatic N) is 4. The van der Waals surface area contributed by atoms with Crippen LogP contribution in [0.3, 0.4) is 0 Å². The number of methoxy groups -OCH3 is 1. The third-order valence-electron chi connectivity index (χ3n) is 5.61. The number of carbonyl (C=O) groups is 1. The van der Waals surface area contributed by atoms with Crippen LogP contribution < -0.4 is 4.74 Å². The third-order valence-corrected chi connectivity index (χ3v) is 5.61. The topological polar surface area (TPSA) is 50.6 Å². The second-order valence-electron chi connectivity index (χ2n) is 7.89. The van der Waals surface area contributed by atoms with Crippen molar-refractivity contribution < 1.29 is 9.53 Å². The molecule has 2 aromatic carbocycles. The molecule has 156 valence electrons. The van der Waals surface area contributed by atoms with Crippen molar-refractivity contribution in [3.05, 3.63) is 77.6 Å². The Kier molecular flexibility index (Phi) is 5.86. The molecule has 0 unspecified atom stereocenters. The van der Waals surface area contributed by atoms with Crippen LogP contribution in [-0.2, 0) is 6.54 Å². The molecule has 1 fully saturated rings. The summed E-state index contributed by atoms with van der Waals surface area (Å²) in [6, 6.07) is 18.3. The average Bonchev–Trinajstić information content (AvgIpc) is 3.24. The van der Waals surface area contributed by atoms with Crippen molar-refractivity contribution in [1.29, 1.82) is 0 Å². The highest BCUT2D eigenvalue weighted by atomic mass is 16.5. The molecule has 6 nitrogen and oxygen atoms in total. The summed E-state index contributed by atoms with van der Waals surface area (Å²) in [5.74, 6) is 0.706. The number of piperazine rings is 1. The Bertz CT molecular complexity index is 1020. The molecule has 0 aliphatic carbocycles. The van der Waals surface area contributed by atoms with E-state index in [9.17, 15) is 4.79 Å². The standard InChI is InChI=1S/C24H28N4O2/c1-18-9-10-23(30-3)22(15-18)28-12-11-21(25-28)24(29)27-14-13-26(16-19(27)2)17-20-7-5-4-6-8-20/h4-12,15,19H,13-14,16-17H2,1-3H3/t19-/m1/s1. The molecule has 1 aromatic heterocycles. The van der Waals surface area contributed by atoms with Gasteiger partial charge in [-0.15, -0.1) is 0 Å². The Morgan fingerprint density at radius 1 is 1.13 bits per heavy atom. The normalized spacial score (nSPS) is 17.2. The first-order chi connectivity index (χ1) is 14.5. The molecular weight excluding hydrogens is 376 g/mol. The number of aromatic nitrogens is 2. The molecular formula is C24H28N4O2. The van der Waals surface area contributed by atoms with Gasteiger partial charge < -0.3 is 9.64 Å². The van der Waals surface area contributed by atoms with Crippen molar-refractivity contribution in [3.8, 4) is 11.4 Å². The molecule has 1 atom stereocenters. The summed E-state index contributed by atoms with van der Waals surface area (Å²) in [4.78, 5) is 17.5. The SMILES string of the molecule is COc1ccc(C)cc1-n1ccc(C(=O)N2CCN(Cc3ccccc3)C[C@H]2C)n1. The molecule has 1 aliphatic heterocycles. The van der Waals surface area contributed by atoms with E-state index in [2.05, 4.69) is 41.2 Å². The van der Waals surface area contributed by atoms with Crippen molar-refractivity contribution >= 4 is 5.91 Å². The highest BCUT2D eigenvalue weighted by molar-refractivity contribution is 5.92. The van der Waals surface area contributed by atoms with Gasteiger partial charge in [0.05, 0.1) is 7.11 Å². The molecule has 0 saturated carbocycles. The number of carbonyl (C=O) groups excluding carboxylic acids is 1. The van der Waals surface area contributed by atoms with Crippen molar-refractivity contribution in [2.75, 3.05) is 26.7 Å². The number of hydrogen-bond acceptors (Lipinski definition) is 4. The zero-order chi connectivity index (χ0) is 21.1. The molecule has 4 rings (SSSR count). The van der Waals surface area contributed by atoms with E-state index in [1.54, 1.807) is 17.9 Å². The van der Waals surface area contributed by atoms with E-state index < -0.39 is 0 Å². The smallest absolute Gasteiger partial charge is 0.274 e. The molecule has 30 heavy (non-hydrogen) atoms. The summed E-state index contributed by atoms with van der Waals surface area (Å²) in [5.41, 5.74) is 3.70. The van der Waals surface area contributed by atoms with Gasteiger partial charge in [0.1, 0.15) is 11.4 Å². The molecule has 6 heteroatoms. The molecule has 1 amide bonds. The minimum absolute atomic E-state index is 0.0211. The van der Waals surface area contributed by atoms with Crippen LogP contribution in [0.5, 0.6) is 5.75 Å². The van der Waals surface area contributed by atoms with E-state index >= 15 is 0 Å². The molecule has 0 bridgehead atoms. The quantitative estimate of drug-likeness (QED) is 0.653. The Balaban J connectivity index is 1.45. The number of hydrogen-bond donors (Lipinski definition) is 0. The fourth-order valence-corrected chi connectivity index (χ4v) is 4.02. The zero-order valence-electron chi connectivity index (χ0n) is 17.8. The van der Waals surface area contributed by atoms with Gasteiger partial charge >= 0.3 is 0 Å². The van der Waals surface area contributed by atoms with Gasteiger partial charge in [0, 0.05) is 38.4 Å². The van der Waals surface area contributed by atoms with E-state index in [-0.39, 0.29) is 11.9 Å². The molecule has 0 spiro atoms. The molecule has 3 aromatic rings. The Morgan fingerprint density at radius 3 is 2.67 bits per heavy atom. The zero-order valence-corrected chi connectivity index (χ0v) is 17.8. The number of ether oxygens (including phenoxy) is 1. The fourth-order valence-electron chi connectivity index (χ4n) is 4.02. The maximum atomic E-state index is 13.1. The predicted octanol–water partition coefficient (Wildman–Crippen LogP) is 3.54. The van der Waals surface area contributed by atoms with Gasteiger partial charge in [-0.2, -0.15) is 5.10 Å². The lowest BCUT2D eigenvalue weighted by Gasteiger charge is -2.39. The first-order valence-corrected chi connectivity index (χ1v) is 10.3. The number of amides is 1. The van der Waals surface area contributed by atoms with E-state index in [1.165, 1.54) is 5.56 Å². The van der Waals surface area contributed by atoms with Crippen LogP contribution in [0.1, 0.15) is 28.5 Å². The largest absolute Gasteiger partial charge is 0.494 e. The first kappa shape index (κ1) is 20.2. The summed E-state index contributed by atoms with van der Waals surface area (Å²) < 4.78 is 7.17. The van der Waals surface area contributed by atoms with Crippen LogP contribution in [0.15, 0.2) is 60.8 Å². The van der Waals surface area contributed by atoms with Crippen LogP contribution in [0.4, 0.5) is 0 Å². The minimum atomic E-state index is -0.0211. The Hall–Kier alpha value is -3.12. The Morgan fingerprint density at radius 2 is 1.93 bits per heavy atom. The van der Waals surface area contributed by atoms with E-state index in [4.69, 9.17) is 4.74 Å². The van der Waals surface area contributed by atoms with Gasteiger partial charge in [-0.3, -0.25) is 9.69 Å². The van der Waals surface area contributed by atoms with Crippen molar-refractivity contribution in [2.24, 2.45) is 0 Å². The summed E-state index contributed by atoms with van der Waals surface area (Å²) >= 11 is 0. The fraction of sp³-hybridized carbons (Fsp3) is 0.333. The van der Waals surface area contributed by atoms with E-state index in [1.807, 2.05) is 42.3 Å². The molecule has 2 heterocycles. The van der Waals surface area contributed by atoms with Gasteiger partial charge in [-0.05, 0) is 43.2 Å². The maximum absolute atomic E-state index is 13.1. The number of rotatable bonds is 5. The Labute approximate surface area is 177 Å².